The lowest BCUT2D eigenvalue weighted by atomic mass is 9.78. The van der Waals surface area contributed by atoms with E-state index in [9.17, 15) is 9.59 Å². The Labute approximate surface area is 477 Å². The SMILES string of the molecule is CC1(C)OB(c2ccc(Cl)cc2N)OC1(C)C.CCOC(=O)CCn1c(-c2ccc(Cl)cc2N)c(C2CCCCC2)c2ccc(C)cc21.CCOC(=O)CCn1c(Br)c(C2CCCCC2)c2ccc(C)cc21.O=C=O.O=C=O. The predicted octanol–water partition coefficient (Wildman–Crippen LogP) is 13.6. The average molecular weight is 1170 g/mol. The zero-order chi connectivity index (χ0) is 57.3. The van der Waals surface area contributed by atoms with Gasteiger partial charge in [-0.15, -0.1) is 0 Å². The summed E-state index contributed by atoms with van der Waals surface area (Å²) < 4.78 is 27.8. The van der Waals surface area contributed by atoms with Gasteiger partial charge in [0, 0.05) is 67.3 Å². The Bertz CT molecular complexity index is 3050. The van der Waals surface area contributed by atoms with E-state index in [-0.39, 0.29) is 35.4 Å². The summed E-state index contributed by atoms with van der Waals surface area (Å²) in [5.41, 5.74) is 23.6. The molecule has 0 spiro atoms. The minimum Gasteiger partial charge on any atom is -0.466 e. The van der Waals surface area contributed by atoms with Gasteiger partial charge in [0.15, 0.2) is 0 Å². The summed E-state index contributed by atoms with van der Waals surface area (Å²) in [6, 6.07) is 24.4. The Morgan fingerprint density at radius 2 is 1.06 bits per heavy atom. The second-order valence-corrected chi connectivity index (χ2v) is 22.5. The number of nitrogens with two attached hydrogens (primary N) is 2. The van der Waals surface area contributed by atoms with E-state index in [2.05, 4.69) is 75.3 Å². The number of rotatable bonds is 12. The summed E-state index contributed by atoms with van der Waals surface area (Å²) in [6.45, 7) is 18.0. The Kier molecular flexibility index (Phi) is 23.9. The van der Waals surface area contributed by atoms with E-state index in [0.29, 0.717) is 72.4 Å². The maximum absolute atomic E-state index is 12.2. The third kappa shape index (κ3) is 16.0. The molecule has 9 rings (SSSR count). The van der Waals surface area contributed by atoms with Crippen LogP contribution < -0.4 is 16.9 Å². The lowest BCUT2D eigenvalue weighted by molar-refractivity contribution is -0.193. The molecule has 0 unspecified atom stereocenters. The van der Waals surface area contributed by atoms with Crippen molar-refractivity contribution in [3.8, 4) is 11.3 Å². The van der Waals surface area contributed by atoms with Gasteiger partial charge in [0.05, 0.1) is 47.6 Å². The van der Waals surface area contributed by atoms with Crippen molar-refractivity contribution in [1.82, 2.24) is 9.13 Å². The molecule has 78 heavy (non-hydrogen) atoms. The summed E-state index contributed by atoms with van der Waals surface area (Å²) in [5, 5.41) is 3.85. The fourth-order valence-electron chi connectivity index (χ4n) is 10.6. The lowest BCUT2D eigenvalue weighted by Gasteiger charge is -2.32. The number of benzene rings is 4. The number of nitrogen functional groups attached to an aromatic ring is 2. The van der Waals surface area contributed by atoms with Gasteiger partial charge in [-0.1, -0.05) is 92.1 Å². The average Bonchev–Trinajstić information content (AvgIpc) is 3.98. The second-order valence-electron chi connectivity index (χ2n) is 20.9. The summed E-state index contributed by atoms with van der Waals surface area (Å²) >= 11 is 16.0. The van der Waals surface area contributed by atoms with Crippen molar-refractivity contribution in [2.45, 2.75) is 169 Å². The first-order chi connectivity index (χ1) is 37.2. The molecule has 3 heterocycles. The molecule has 2 saturated carbocycles. The van der Waals surface area contributed by atoms with Crippen molar-refractivity contribution in [3.63, 3.8) is 0 Å². The standard InChI is InChI=1S/C26H31ClN2O2.C20H26BrNO2.C12H17BClNO2.2CO2/c1-3-31-24(30)13-14-29-23-15-17(2)9-11-21(23)25(18-7-5-4-6-8-18)26(29)20-12-10-19(27)16-22(20)28;1-3-24-18(23)11-12-22-17-13-14(2)9-10-16(17)19(20(22)21)15-7-5-4-6-8-15;1-11(2)12(3,4)17-13(16-11)9-6-5-8(14)7-10(9)15;2*2-1-3/h9-12,15-16,18H,3-8,13-14,28H2,1-2H3;9-10,13,15H,3-8,11-12H2,1-2H3;5-7H,15H2,1-4H3;;. The third-order valence-electron chi connectivity index (χ3n) is 15.0. The van der Waals surface area contributed by atoms with Crippen LogP contribution in [0.2, 0.25) is 10.0 Å². The third-order valence-corrected chi connectivity index (χ3v) is 16.3. The largest absolute Gasteiger partial charge is 0.496 e. The fourth-order valence-corrected chi connectivity index (χ4v) is 11.9. The van der Waals surface area contributed by atoms with E-state index in [0.717, 1.165) is 26.8 Å². The predicted molar refractivity (Wildman–Crippen MR) is 312 cm³/mol. The van der Waals surface area contributed by atoms with Crippen molar-refractivity contribution in [2.24, 2.45) is 0 Å². The van der Waals surface area contributed by atoms with Crippen LogP contribution in [0.4, 0.5) is 11.4 Å². The van der Waals surface area contributed by atoms with Crippen molar-refractivity contribution in [2.75, 3.05) is 24.7 Å². The number of carbonyl (C=O) groups excluding carboxylic acids is 6. The number of anilines is 2. The molecule has 0 amide bonds. The number of aryl methyl sites for hydroxylation is 4. The first kappa shape index (κ1) is 63.1. The van der Waals surface area contributed by atoms with Gasteiger partial charge in [-0.2, -0.15) is 19.2 Å². The smallest absolute Gasteiger partial charge is 0.466 e. The van der Waals surface area contributed by atoms with Crippen molar-refractivity contribution < 1.29 is 47.5 Å². The van der Waals surface area contributed by atoms with E-state index in [1.54, 1.807) is 12.1 Å². The van der Waals surface area contributed by atoms with Gasteiger partial charge in [-0.05, 0) is 174 Å². The zero-order valence-electron chi connectivity index (χ0n) is 46.2. The summed E-state index contributed by atoms with van der Waals surface area (Å²) in [6.07, 6.45) is 13.9. The van der Waals surface area contributed by atoms with Crippen LogP contribution in [-0.2, 0) is 60.6 Å². The normalized spacial score (nSPS) is 15.7. The quantitative estimate of drug-likeness (QED) is 0.0668. The van der Waals surface area contributed by atoms with Gasteiger partial charge >= 0.3 is 31.4 Å². The number of halogens is 3. The topological polar surface area (TPSA) is 201 Å². The highest BCUT2D eigenvalue weighted by molar-refractivity contribution is 9.10. The van der Waals surface area contributed by atoms with Crippen LogP contribution in [0.15, 0.2) is 77.4 Å². The number of hydrogen-bond donors (Lipinski definition) is 2. The van der Waals surface area contributed by atoms with E-state index >= 15 is 0 Å². The molecule has 4 aromatic carbocycles. The van der Waals surface area contributed by atoms with Crippen molar-refractivity contribution in [3.05, 3.63) is 110 Å². The van der Waals surface area contributed by atoms with Gasteiger partial charge in [0.1, 0.15) is 0 Å². The number of fused-ring (bicyclic) bond motifs is 2. The first-order valence-corrected chi connectivity index (χ1v) is 28.4. The monoisotopic (exact) mass is 1170 g/mol. The molecule has 2 aromatic heterocycles. The fraction of sp³-hybridized carbons (Fsp3) is 0.467. The molecule has 1 saturated heterocycles. The van der Waals surface area contributed by atoms with Crippen LogP contribution in [-0.4, -0.2) is 64.9 Å². The zero-order valence-corrected chi connectivity index (χ0v) is 49.3. The van der Waals surface area contributed by atoms with Gasteiger partial charge in [-0.25, -0.2) is 0 Å². The molecule has 2 aliphatic carbocycles. The molecule has 3 fully saturated rings. The maximum Gasteiger partial charge on any atom is 0.496 e. The summed E-state index contributed by atoms with van der Waals surface area (Å²) in [7, 11) is -0.433. The van der Waals surface area contributed by atoms with Gasteiger partial charge in [0.25, 0.3) is 0 Å². The van der Waals surface area contributed by atoms with Crippen molar-refractivity contribution >= 4 is 109 Å². The Hall–Kier alpha value is -5.70. The van der Waals surface area contributed by atoms with Gasteiger partial charge in [0.2, 0.25) is 0 Å². The lowest BCUT2D eigenvalue weighted by Crippen LogP contribution is -2.41. The Morgan fingerprint density at radius 3 is 1.53 bits per heavy atom. The summed E-state index contributed by atoms with van der Waals surface area (Å²) in [5.74, 6) is 0.819. The van der Waals surface area contributed by atoms with Crippen LogP contribution in [0.1, 0.15) is 153 Å². The second kappa shape index (κ2) is 29.5. The minimum atomic E-state index is -0.433. The Balaban J connectivity index is 0.000000212. The molecule has 0 radical (unpaired) electrons. The molecule has 4 N–H and O–H groups in total. The molecule has 18 heteroatoms. The molecule has 1 aliphatic heterocycles. The van der Waals surface area contributed by atoms with E-state index in [1.165, 1.54) is 103 Å². The van der Waals surface area contributed by atoms with E-state index in [4.69, 9.17) is 72.6 Å². The number of hydrogen-bond acceptors (Lipinski definition) is 12. The first-order valence-electron chi connectivity index (χ1n) is 26.8. The number of carbonyl (C=O) groups is 2. The van der Waals surface area contributed by atoms with Crippen LogP contribution in [0.25, 0.3) is 33.1 Å². The van der Waals surface area contributed by atoms with E-state index < -0.39 is 7.12 Å². The molecular weight excluding hydrogens is 1100 g/mol. The number of esters is 2. The van der Waals surface area contributed by atoms with Crippen LogP contribution in [0.5, 0.6) is 0 Å². The van der Waals surface area contributed by atoms with Gasteiger partial charge in [-0.3, -0.25) is 9.59 Å². The molecule has 14 nitrogen and oxygen atoms in total. The molecule has 418 valence electrons. The van der Waals surface area contributed by atoms with Crippen LogP contribution >= 0.6 is 39.1 Å². The number of aromatic nitrogens is 2. The highest BCUT2D eigenvalue weighted by Crippen LogP contribution is 2.47. The highest BCUT2D eigenvalue weighted by atomic mass is 79.9. The maximum atomic E-state index is 12.2. The van der Waals surface area contributed by atoms with Gasteiger partial charge < -0.3 is 39.4 Å². The van der Waals surface area contributed by atoms with Crippen LogP contribution in [0, 0.1) is 13.8 Å². The molecule has 0 bridgehead atoms. The molecule has 0 atom stereocenters. The Morgan fingerprint density at radius 1 is 0.641 bits per heavy atom. The number of nitrogens with zero attached hydrogens (tertiary/aromatic N) is 2. The van der Waals surface area contributed by atoms with Crippen LogP contribution in [0.3, 0.4) is 0 Å². The van der Waals surface area contributed by atoms with E-state index in [1.807, 2.05) is 65.8 Å². The molecule has 3 aliphatic rings. The summed E-state index contributed by atoms with van der Waals surface area (Å²) in [4.78, 5) is 56.5. The minimum absolute atomic E-state index is 0.127. The molecule has 6 aromatic rings. The number of ether oxygens (including phenoxy) is 2. The molecular formula is C60H74BBrCl2N4O10. The highest BCUT2D eigenvalue weighted by Gasteiger charge is 2.52. The van der Waals surface area contributed by atoms with Crippen molar-refractivity contribution in [1.29, 1.82) is 0 Å².